The Hall–Kier alpha value is -0.590. The van der Waals surface area contributed by atoms with E-state index in [9.17, 15) is 8.42 Å². The van der Waals surface area contributed by atoms with Crippen LogP contribution < -0.4 is 4.74 Å². The molecule has 0 fully saturated rings. The summed E-state index contributed by atoms with van der Waals surface area (Å²) in [6.45, 7) is 6.16. The summed E-state index contributed by atoms with van der Waals surface area (Å²) in [6.07, 6.45) is 0.767. The molecule has 0 saturated heterocycles. The van der Waals surface area contributed by atoms with E-state index in [1.54, 1.807) is 18.2 Å². The van der Waals surface area contributed by atoms with Crippen LogP contribution in [0.15, 0.2) is 27.6 Å². The van der Waals surface area contributed by atoms with Gasteiger partial charge in [0, 0.05) is 17.1 Å². The standard InChI is InChI=1S/C13H20BrNO3S/c1-5-10(3)15(6-2)19(16,17)13-9-11(14)7-8-12(13)18-4/h7-10H,5-6H2,1-4H3. The van der Waals surface area contributed by atoms with Crippen molar-refractivity contribution in [2.24, 2.45) is 0 Å². The lowest BCUT2D eigenvalue weighted by atomic mass is 10.3. The lowest BCUT2D eigenvalue weighted by Gasteiger charge is -2.27. The number of hydrogen-bond donors (Lipinski definition) is 0. The predicted octanol–water partition coefficient (Wildman–Crippen LogP) is 3.27. The average molecular weight is 350 g/mol. The SMILES string of the molecule is CCC(C)N(CC)S(=O)(=O)c1cc(Br)ccc1OC. The number of nitrogens with zero attached hydrogens (tertiary/aromatic N) is 1. The molecule has 0 saturated carbocycles. The first-order valence-corrected chi connectivity index (χ1v) is 8.47. The monoisotopic (exact) mass is 349 g/mol. The van der Waals surface area contributed by atoms with Gasteiger partial charge in [0.05, 0.1) is 7.11 Å². The maximum Gasteiger partial charge on any atom is 0.247 e. The summed E-state index contributed by atoms with van der Waals surface area (Å²) in [5.41, 5.74) is 0. The zero-order valence-corrected chi connectivity index (χ0v) is 14.1. The molecule has 0 spiro atoms. The third-order valence-corrected chi connectivity index (χ3v) is 5.71. The van der Waals surface area contributed by atoms with Gasteiger partial charge in [0.1, 0.15) is 10.6 Å². The van der Waals surface area contributed by atoms with E-state index in [1.165, 1.54) is 11.4 Å². The third kappa shape index (κ3) is 3.49. The molecule has 1 atom stereocenters. The van der Waals surface area contributed by atoms with Gasteiger partial charge in [0.15, 0.2) is 0 Å². The Balaban J connectivity index is 3.37. The Labute approximate surface area is 123 Å². The first kappa shape index (κ1) is 16.5. The lowest BCUT2D eigenvalue weighted by molar-refractivity contribution is 0.338. The molecule has 6 heteroatoms. The predicted molar refractivity (Wildman–Crippen MR) is 80.0 cm³/mol. The highest BCUT2D eigenvalue weighted by Gasteiger charge is 2.29. The van der Waals surface area contributed by atoms with Gasteiger partial charge >= 0.3 is 0 Å². The normalized spacial score (nSPS) is 13.6. The molecule has 0 heterocycles. The average Bonchev–Trinajstić information content (AvgIpc) is 2.38. The zero-order chi connectivity index (χ0) is 14.6. The van der Waals surface area contributed by atoms with Crippen LogP contribution in [0.5, 0.6) is 5.75 Å². The van der Waals surface area contributed by atoms with Crippen LogP contribution in [-0.4, -0.2) is 32.4 Å². The minimum atomic E-state index is -3.55. The summed E-state index contributed by atoms with van der Waals surface area (Å²) in [6, 6.07) is 4.96. The van der Waals surface area contributed by atoms with E-state index >= 15 is 0 Å². The van der Waals surface area contributed by atoms with Crippen LogP contribution in [0.25, 0.3) is 0 Å². The first-order chi connectivity index (χ1) is 8.88. The zero-order valence-electron chi connectivity index (χ0n) is 11.7. The van der Waals surface area contributed by atoms with Gasteiger partial charge in [0.2, 0.25) is 10.0 Å². The Morgan fingerprint density at radius 1 is 1.37 bits per heavy atom. The van der Waals surface area contributed by atoms with Gasteiger partial charge in [0.25, 0.3) is 0 Å². The quantitative estimate of drug-likeness (QED) is 0.791. The van der Waals surface area contributed by atoms with Gasteiger partial charge in [-0.15, -0.1) is 0 Å². The Morgan fingerprint density at radius 3 is 2.47 bits per heavy atom. The van der Waals surface area contributed by atoms with Crippen LogP contribution in [0.3, 0.4) is 0 Å². The Bertz CT molecular complexity index is 531. The molecule has 0 aliphatic heterocycles. The van der Waals surface area contributed by atoms with Crippen LogP contribution >= 0.6 is 15.9 Å². The highest BCUT2D eigenvalue weighted by molar-refractivity contribution is 9.10. The van der Waals surface area contributed by atoms with Gasteiger partial charge in [-0.25, -0.2) is 8.42 Å². The highest BCUT2D eigenvalue weighted by Crippen LogP contribution is 2.30. The molecule has 19 heavy (non-hydrogen) atoms. The van der Waals surface area contributed by atoms with Crippen molar-refractivity contribution in [3.8, 4) is 5.75 Å². The van der Waals surface area contributed by atoms with E-state index in [2.05, 4.69) is 15.9 Å². The maximum atomic E-state index is 12.7. The van der Waals surface area contributed by atoms with Gasteiger partial charge < -0.3 is 4.74 Å². The fourth-order valence-corrected chi connectivity index (χ4v) is 4.31. The molecule has 0 amide bonds. The van der Waals surface area contributed by atoms with Gasteiger partial charge in [-0.2, -0.15) is 4.31 Å². The molecule has 1 aromatic carbocycles. The fraction of sp³-hybridized carbons (Fsp3) is 0.538. The minimum absolute atomic E-state index is 0.0429. The lowest BCUT2D eigenvalue weighted by Crippen LogP contribution is -2.38. The molecule has 0 aliphatic carbocycles. The number of halogens is 1. The molecular weight excluding hydrogens is 330 g/mol. The van der Waals surface area contributed by atoms with E-state index in [4.69, 9.17) is 4.74 Å². The molecule has 4 nitrogen and oxygen atoms in total. The molecule has 1 unspecified atom stereocenters. The van der Waals surface area contributed by atoms with Crippen molar-refractivity contribution in [1.29, 1.82) is 0 Å². The molecular formula is C13H20BrNO3S. The van der Waals surface area contributed by atoms with Crippen molar-refractivity contribution in [2.45, 2.75) is 38.1 Å². The van der Waals surface area contributed by atoms with Gasteiger partial charge in [-0.3, -0.25) is 0 Å². The van der Waals surface area contributed by atoms with Crippen molar-refractivity contribution in [1.82, 2.24) is 4.31 Å². The van der Waals surface area contributed by atoms with E-state index in [0.717, 1.165) is 6.42 Å². The number of benzene rings is 1. The van der Waals surface area contributed by atoms with E-state index in [1.807, 2.05) is 20.8 Å². The van der Waals surface area contributed by atoms with Crippen LogP contribution in [0.1, 0.15) is 27.2 Å². The van der Waals surface area contributed by atoms with Crippen molar-refractivity contribution < 1.29 is 13.2 Å². The van der Waals surface area contributed by atoms with E-state index < -0.39 is 10.0 Å². The molecule has 1 aromatic rings. The summed E-state index contributed by atoms with van der Waals surface area (Å²) in [5, 5.41) is 0. The van der Waals surface area contributed by atoms with Crippen molar-refractivity contribution in [3.05, 3.63) is 22.7 Å². The molecule has 0 radical (unpaired) electrons. The summed E-state index contributed by atoms with van der Waals surface area (Å²) < 4.78 is 32.8. The van der Waals surface area contributed by atoms with Crippen molar-refractivity contribution in [3.63, 3.8) is 0 Å². The smallest absolute Gasteiger partial charge is 0.247 e. The van der Waals surface area contributed by atoms with Crippen LogP contribution in [-0.2, 0) is 10.0 Å². The van der Waals surface area contributed by atoms with E-state index in [-0.39, 0.29) is 10.9 Å². The molecule has 1 rings (SSSR count). The molecule has 0 bridgehead atoms. The second-order valence-corrected chi connectivity index (χ2v) is 7.04. The van der Waals surface area contributed by atoms with Crippen LogP contribution in [0.2, 0.25) is 0 Å². The van der Waals surface area contributed by atoms with Crippen LogP contribution in [0.4, 0.5) is 0 Å². The summed E-state index contributed by atoms with van der Waals surface area (Å²) >= 11 is 3.30. The van der Waals surface area contributed by atoms with Crippen LogP contribution in [0, 0.1) is 0 Å². The number of ether oxygens (including phenoxy) is 1. The topological polar surface area (TPSA) is 46.6 Å². The highest BCUT2D eigenvalue weighted by atomic mass is 79.9. The Morgan fingerprint density at radius 2 is 2.00 bits per heavy atom. The number of sulfonamides is 1. The molecule has 0 N–H and O–H groups in total. The van der Waals surface area contributed by atoms with E-state index in [0.29, 0.717) is 16.8 Å². The second kappa shape index (κ2) is 6.72. The number of methoxy groups -OCH3 is 1. The summed E-state index contributed by atoms with van der Waals surface area (Å²) in [7, 11) is -2.08. The minimum Gasteiger partial charge on any atom is -0.495 e. The maximum absolute atomic E-state index is 12.7. The van der Waals surface area contributed by atoms with Gasteiger partial charge in [-0.05, 0) is 31.5 Å². The fourth-order valence-electron chi connectivity index (χ4n) is 1.90. The number of hydrogen-bond acceptors (Lipinski definition) is 3. The molecule has 108 valence electrons. The van der Waals surface area contributed by atoms with Crippen molar-refractivity contribution in [2.75, 3.05) is 13.7 Å². The van der Waals surface area contributed by atoms with Crippen molar-refractivity contribution >= 4 is 26.0 Å². The van der Waals surface area contributed by atoms with Gasteiger partial charge in [-0.1, -0.05) is 29.8 Å². The second-order valence-electron chi connectivity index (χ2n) is 4.26. The largest absolute Gasteiger partial charge is 0.495 e. The summed E-state index contributed by atoms with van der Waals surface area (Å²) in [4.78, 5) is 0.200. The Kier molecular flexibility index (Phi) is 5.82. The molecule has 0 aliphatic rings. The summed E-state index contributed by atoms with van der Waals surface area (Å²) in [5.74, 6) is 0.366. The molecule has 0 aromatic heterocycles. The first-order valence-electron chi connectivity index (χ1n) is 6.23. The number of rotatable bonds is 6. The third-order valence-electron chi connectivity index (χ3n) is 3.11.